The van der Waals surface area contributed by atoms with Gasteiger partial charge < -0.3 is 9.84 Å². The highest BCUT2D eigenvalue weighted by Gasteiger charge is 1.96. The van der Waals surface area contributed by atoms with Crippen LogP contribution < -0.4 is 0 Å². The molecule has 0 atom stereocenters. The van der Waals surface area contributed by atoms with Gasteiger partial charge in [0, 0.05) is 13.2 Å². The predicted molar refractivity (Wildman–Crippen MR) is 59.3 cm³/mol. The third-order valence-corrected chi connectivity index (χ3v) is 2.15. The van der Waals surface area contributed by atoms with Crippen molar-refractivity contribution >= 4 is 0 Å². The lowest BCUT2D eigenvalue weighted by Crippen LogP contribution is -2.23. The lowest BCUT2D eigenvalue weighted by Gasteiger charge is -2.15. The number of ether oxygens (including phenoxy) is 1. The molecule has 0 fully saturated rings. The minimum Gasteiger partial charge on any atom is -0.396 e. The van der Waals surface area contributed by atoms with Crippen LogP contribution in [0.2, 0.25) is 0 Å². The second kappa shape index (κ2) is 11.0. The van der Waals surface area contributed by atoms with Crippen molar-refractivity contribution in [3.8, 4) is 0 Å². The molecule has 86 valence electrons. The van der Waals surface area contributed by atoms with E-state index in [-0.39, 0.29) is 0 Å². The van der Waals surface area contributed by atoms with Crippen LogP contribution in [0.5, 0.6) is 0 Å². The van der Waals surface area contributed by atoms with E-state index in [1.807, 2.05) is 0 Å². The highest BCUT2D eigenvalue weighted by molar-refractivity contribution is 4.45. The van der Waals surface area contributed by atoms with Crippen LogP contribution in [0, 0.1) is 0 Å². The Hall–Kier alpha value is -0.120. The van der Waals surface area contributed by atoms with Crippen LogP contribution in [-0.2, 0) is 4.74 Å². The minimum atomic E-state index is 0.302. The van der Waals surface area contributed by atoms with Crippen molar-refractivity contribution < 1.29 is 9.84 Å². The third kappa shape index (κ3) is 9.96. The Balaban J connectivity index is 3.02. The molecule has 3 nitrogen and oxygen atoms in total. The van der Waals surface area contributed by atoms with Crippen LogP contribution in [0.25, 0.3) is 0 Å². The van der Waals surface area contributed by atoms with E-state index >= 15 is 0 Å². The van der Waals surface area contributed by atoms with Gasteiger partial charge in [-0.1, -0.05) is 13.3 Å². The van der Waals surface area contributed by atoms with Gasteiger partial charge in [-0.2, -0.15) is 0 Å². The van der Waals surface area contributed by atoms with Gasteiger partial charge in [-0.05, 0) is 39.3 Å². The molecular weight excluding hydrogens is 178 g/mol. The zero-order valence-electron chi connectivity index (χ0n) is 9.67. The lowest BCUT2D eigenvalue weighted by atomic mass is 10.2. The van der Waals surface area contributed by atoms with Crippen molar-refractivity contribution in [2.75, 3.05) is 33.5 Å². The van der Waals surface area contributed by atoms with Crippen LogP contribution in [0.15, 0.2) is 0 Å². The van der Waals surface area contributed by atoms with Gasteiger partial charge in [-0.3, -0.25) is 4.90 Å². The highest BCUT2D eigenvalue weighted by atomic mass is 16.5. The minimum absolute atomic E-state index is 0.302. The van der Waals surface area contributed by atoms with E-state index in [2.05, 4.69) is 18.9 Å². The molecule has 0 aliphatic rings. The van der Waals surface area contributed by atoms with Crippen LogP contribution in [0.4, 0.5) is 0 Å². The van der Waals surface area contributed by atoms with Crippen molar-refractivity contribution in [3.63, 3.8) is 0 Å². The molecule has 0 rings (SSSR count). The smallest absolute Gasteiger partial charge is 0.0987 e. The first kappa shape index (κ1) is 13.9. The van der Waals surface area contributed by atoms with Crippen LogP contribution in [0.3, 0.4) is 0 Å². The lowest BCUT2D eigenvalue weighted by molar-refractivity contribution is 0.0399. The van der Waals surface area contributed by atoms with E-state index in [0.29, 0.717) is 6.61 Å². The van der Waals surface area contributed by atoms with E-state index in [0.717, 1.165) is 39.1 Å². The van der Waals surface area contributed by atoms with Gasteiger partial charge in [0.2, 0.25) is 0 Å². The summed E-state index contributed by atoms with van der Waals surface area (Å²) in [6, 6.07) is 0. The fourth-order valence-electron chi connectivity index (χ4n) is 1.21. The van der Waals surface area contributed by atoms with Crippen molar-refractivity contribution in [3.05, 3.63) is 0 Å². The first-order valence-corrected chi connectivity index (χ1v) is 5.68. The number of rotatable bonds is 10. The average Bonchev–Trinajstić information content (AvgIpc) is 2.20. The van der Waals surface area contributed by atoms with Crippen molar-refractivity contribution in [2.45, 2.75) is 39.0 Å². The summed E-state index contributed by atoms with van der Waals surface area (Å²) >= 11 is 0. The van der Waals surface area contributed by atoms with Gasteiger partial charge in [0.25, 0.3) is 0 Å². The van der Waals surface area contributed by atoms with Gasteiger partial charge in [-0.15, -0.1) is 0 Å². The van der Waals surface area contributed by atoms with Gasteiger partial charge >= 0.3 is 0 Å². The molecule has 0 saturated carbocycles. The fraction of sp³-hybridized carbons (Fsp3) is 1.00. The number of aliphatic hydroxyl groups excluding tert-OH is 1. The summed E-state index contributed by atoms with van der Waals surface area (Å²) in [6.45, 7) is 5.17. The topological polar surface area (TPSA) is 32.7 Å². The molecule has 14 heavy (non-hydrogen) atoms. The van der Waals surface area contributed by atoms with Crippen molar-refractivity contribution in [1.82, 2.24) is 4.90 Å². The number of hydrogen-bond acceptors (Lipinski definition) is 3. The summed E-state index contributed by atoms with van der Waals surface area (Å²) in [5.41, 5.74) is 0. The zero-order chi connectivity index (χ0) is 10.6. The molecule has 0 aromatic carbocycles. The largest absolute Gasteiger partial charge is 0.396 e. The van der Waals surface area contributed by atoms with Gasteiger partial charge in [-0.25, -0.2) is 0 Å². The monoisotopic (exact) mass is 203 g/mol. The number of nitrogens with zero attached hydrogens (tertiary/aromatic N) is 1. The van der Waals surface area contributed by atoms with E-state index in [9.17, 15) is 0 Å². The van der Waals surface area contributed by atoms with E-state index < -0.39 is 0 Å². The molecule has 0 radical (unpaired) electrons. The molecular formula is C11H25NO2. The molecule has 0 heterocycles. The van der Waals surface area contributed by atoms with Crippen molar-refractivity contribution in [1.29, 1.82) is 0 Å². The fourth-order valence-corrected chi connectivity index (χ4v) is 1.21. The second-order valence-corrected chi connectivity index (χ2v) is 3.75. The molecule has 0 unspecified atom stereocenters. The molecule has 0 aromatic rings. The first-order valence-electron chi connectivity index (χ1n) is 5.68. The Kier molecular flexibility index (Phi) is 10.9. The maximum absolute atomic E-state index is 8.56. The van der Waals surface area contributed by atoms with Gasteiger partial charge in [0.1, 0.15) is 0 Å². The van der Waals surface area contributed by atoms with Gasteiger partial charge in [0.05, 0.1) is 6.73 Å². The molecule has 0 saturated heterocycles. The van der Waals surface area contributed by atoms with Crippen LogP contribution >= 0.6 is 0 Å². The van der Waals surface area contributed by atoms with Crippen molar-refractivity contribution in [2.24, 2.45) is 0 Å². The quantitative estimate of drug-likeness (QED) is 0.434. The SMILES string of the molecule is CCCCN(C)COCCCCCO. The Morgan fingerprint density at radius 1 is 1.14 bits per heavy atom. The van der Waals surface area contributed by atoms with E-state index in [1.54, 1.807) is 0 Å². The molecule has 3 heteroatoms. The molecule has 0 bridgehead atoms. The molecule has 0 spiro atoms. The summed E-state index contributed by atoms with van der Waals surface area (Å²) in [5.74, 6) is 0. The highest BCUT2D eigenvalue weighted by Crippen LogP contribution is 1.96. The standard InChI is InChI=1S/C11H25NO2/c1-3-4-8-12(2)11-14-10-7-5-6-9-13/h13H,3-11H2,1-2H3. The molecule has 0 aliphatic heterocycles. The normalized spacial score (nSPS) is 11.1. The zero-order valence-corrected chi connectivity index (χ0v) is 9.67. The number of aliphatic hydroxyl groups is 1. The Morgan fingerprint density at radius 2 is 1.93 bits per heavy atom. The van der Waals surface area contributed by atoms with Crippen LogP contribution in [0.1, 0.15) is 39.0 Å². The maximum Gasteiger partial charge on any atom is 0.0987 e. The summed E-state index contributed by atoms with van der Waals surface area (Å²) in [6.07, 6.45) is 5.50. The van der Waals surface area contributed by atoms with E-state index in [4.69, 9.17) is 9.84 Å². The molecule has 0 aliphatic carbocycles. The Labute approximate surface area is 88.1 Å². The number of unbranched alkanes of at least 4 members (excludes halogenated alkanes) is 3. The summed E-state index contributed by atoms with van der Waals surface area (Å²) < 4.78 is 5.48. The average molecular weight is 203 g/mol. The summed E-state index contributed by atoms with van der Waals surface area (Å²) in [4.78, 5) is 2.20. The molecule has 0 aromatic heterocycles. The maximum atomic E-state index is 8.56. The van der Waals surface area contributed by atoms with Gasteiger partial charge in [0.15, 0.2) is 0 Å². The Morgan fingerprint density at radius 3 is 2.57 bits per heavy atom. The van der Waals surface area contributed by atoms with E-state index in [1.165, 1.54) is 12.8 Å². The second-order valence-electron chi connectivity index (χ2n) is 3.75. The Bertz CT molecular complexity index is 109. The summed E-state index contributed by atoms with van der Waals surface area (Å²) in [7, 11) is 2.09. The summed E-state index contributed by atoms with van der Waals surface area (Å²) in [5, 5.41) is 8.56. The van der Waals surface area contributed by atoms with Crippen LogP contribution in [-0.4, -0.2) is 43.5 Å². The molecule has 0 amide bonds. The predicted octanol–water partition coefficient (Wildman–Crippen LogP) is 1.85. The first-order chi connectivity index (χ1) is 6.81. The molecule has 1 N–H and O–H groups in total. The third-order valence-electron chi connectivity index (χ3n) is 2.15. The number of hydrogen-bond donors (Lipinski definition) is 1.